The molecule has 1 aromatic carbocycles. The Labute approximate surface area is 117 Å². The molecule has 0 amide bonds. The SMILES string of the molecule is Cc1ccc(C(C)C)cc1.O=S([O-])O.[H-].[Na+]. The van der Waals surface area contributed by atoms with E-state index in [0.717, 1.165) is 0 Å². The van der Waals surface area contributed by atoms with Gasteiger partial charge in [0.15, 0.2) is 0 Å². The molecule has 0 saturated heterocycles. The molecule has 1 N–H and O–H groups in total. The first-order valence-corrected chi connectivity index (χ1v) is 5.31. The second-order valence-electron chi connectivity index (χ2n) is 3.28. The van der Waals surface area contributed by atoms with Crippen LogP contribution in [0.3, 0.4) is 0 Å². The van der Waals surface area contributed by atoms with Gasteiger partial charge in [-0.1, -0.05) is 43.7 Å². The minimum atomic E-state index is -2.86. The third-order valence-electron chi connectivity index (χ3n) is 1.74. The molecule has 1 unspecified atom stereocenters. The summed E-state index contributed by atoms with van der Waals surface area (Å²) in [6.07, 6.45) is 0. The Bertz CT molecular complexity index is 287. The first-order chi connectivity index (χ1) is 6.43. The van der Waals surface area contributed by atoms with Crippen LogP contribution in [0.25, 0.3) is 0 Å². The topological polar surface area (TPSA) is 60.4 Å². The summed E-state index contributed by atoms with van der Waals surface area (Å²) in [5.74, 6) is 0.653. The van der Waals surface area contributed by atoms with Crippen molar-refractivity contribution in [3.8, 4) is 0 Å². The smallest absolute Gasteiger partial charge is 1.00 e. The Kier molecular flexibility index (Phi) is 11.2. The fourth-order valence-corrected chi connectivity index (χ4v) is 0.951. The minimum absolute atomic E-state index is 0. The third kappa shape index (κ3) is 10.6. The van der Waals surface area contributed by atoms with Crippen LogP contribution in [0.2, 0.25) is 0 Å². The van der Waals surface area contributed by atoms with Crippen molar-refractivity contribution in [2.75, 3.05) is 0 Å². The molecule has 0 aliphatic heterocycles. The van der Waals surface area contributed by atoms with Gasteiger partial charge >= 0.3 is 29.6 Å². The van der Waals surface area contributed by atoms with Crippen LogP contribution in [0.1, 0.15) is 32.3 Å². The summed E-state index contributed by atoms with van der Waals surface area (Å²) >= 11 is -2.86. The number of hydrogen-bond acceptors (Lipinski definition) is 2. The second kappa shape index (κ2) is 9.51. The van der Waals surface area contributed by atoms with Crippen LogP contribution < -0.4 is 29.6 Å². The van der Waals surface area contributed by atoms with Gasteiger partial charge in [-0.05, 0) is 18.4 Å². The van der Waals surface area contributed by atoms with E-state index in [1.54, 1.807) is 0 Å². The first-order valence-electron chi connectivity index (χ1n) is 4.28. The molecule has 1 rings (SSSR count). The van der Waals surface area contributed by atoms with Crippen molar-refractivity contribution in [2.24, 2.45) is 0 Å². The molecular weight excluding hydrogens is 223 g/mol. The minimum Gasteiger partial charge on any atom is -1.00 e. The maximum Gasteiger partial charge on any atom is 1.00 e. The predicted molar refractivity (Wildman–Crippen MR) is 57.9 cm³/mol. The molecule has 0 radical (unpaired) electrons. The normalized spacial score (nSPS) is 11.1. The summed E-state index contributed by atoms with van der Waals surface area (Å²) in [6, 6.07) is 8.71. The van der Waals surface area contributed by atoms with E-state index in [-0.39, 0.29) is 31.0 Å². The Morgan fingerprint density at radius 2 is 1.67 bits per heavy atom. The van der Waals surface area contributed by atoms with E-state index < -0.39 is 11.4 Å². The van der Waals surface area contributed by atoms with Gasteiger partial charge < -0.3 is 10.5 Å². The molecule has 15 heavy (non-hydrogen) atoms. The van der Waals surface area contributed by atoms with Gasteiger partial charge in [-0.2, -0.15) is 0 Å². The summed E-state index contributed by atoms with van der Waals surface area (Å²) in [7, 11) is 0. The molecule has 0 aromatic heterocycles. The van der Waals surface area contributed by atoms with Crippen LogP contribution >= 0.6 is 0 Å². The van der Waals surface area contributed by atoms with E-state index in [0.29, 0.717) is 5.92 Å². The molecule has 3 nitrogen and oxygen atoms in total. The van der Waals surface area contributed by atoms with E-state index >= 15 is 0 Å². The van der Waals surface area contributed by atoms with Gasteiger partial charge in [0.05, 0.1) is 11.4 Å². The largest absolute Gasteiger partial charge is 1.00 e. The summed E-state index contributed by atoms with van der Waals surface area (Å²) in [5.41, 5.74) is 2.76. The van der Waals surface area contributed by atoms with Crippen molar-refractivity contribution >= 4 is 11.4 Å². The third-order valence-corrected chi connectivity index (χ3v) is 1.74. The zero-order valence-corrected chi connectivity index (χ0v) is 12.4. The van der Waals surface area contributed by atoms with Crippen molar-refractivity contribution in [1.82, 2.24) is 0 Å². The molecule has 0 bridgehead atoms. The van der Waals surface area contributed by atoms with Crippen LogP contribution in [-0.2, 0) is 11.4 Å². The second-order valence-corrected chi connectivity index (χ2v) is 3.72. The van der Waals surface area contributed by atoms with Gasteiger partial charge in [-0.3, -0.25) is 0 Å². The van der Waals surface area contributed by atoms with Crippen LogP contribution in [0, 0.1) is 6.92 Å². The van der Waals surface area contributed by atoms with E-state index in [9.17, 15) is 0 Å². The molecule has 1 aromatic rings. The molecule has 0 spiro atoms. The van der Waals surface area contributed by atoms with Gasteiger partial charge in [0.1, 0.15) is 0 Å². The summed E-state index contributed by atoms with van der Waals surface area (Å²) in [4.78, 5) is 0. The number of aryl methyl sites for hydroxylation is 1. The van der Waals surface area contributed by atoms with Crippen molar-refractivity contribution in [3.63, 3.8) is 0 Å². The zero-order valence-electron chi connectivity index (χ0n) is 10.6. The summed E-state index contributed by atoms with van der Waals surface area (Å²) < 4.78 is 24.1. The summed E-state index contributed by atoms with van der Waals surface area (Å²) in [5, 5.41) is 0. The fourth-order valence-electron chi connectivity index (χ4n) is 0.951. The van der Waals surface area contributed by atoms with Crippen LogP contribution in [-0.4, -0.2) is 13.3 Å². The monoisotopic (exact) mass is 239 g/mol. The molecule has 0 aliphatic rings. The molecule has 0 aliphatic carbocycles. The molecule has 82 valence electrons. The average Bonchev–Trinajstić information content (AvgIpc) is 2.03. The Morgan fingerprint density at radius 3 is 1.93 bits per heavy atom. The predicted octanol–water partition coefficient (Wildman–Crippen LogP) is -0.427. The van der Waals surface area contributed by atoms with Gasteiger partial charge in [0.25, 0.3) is 0 Å². The van der Waals surface area contributed by atoms with Crippen molar-refractivity contribution in [3.05, 3.63) is 35.4 Å². The van der Waals surface area contributed by atoms with Crippen molar-refractivity contribution in [2.45, 2.75) is 26.7 Å². The quantitative estimate of drug-likeness (QED) is 0.534. The maximum atomic E-state index is 8.56. The number of hydrogen-bond donors (Lipinski definition) is 1. The van der Waals surface area contributed by atoms with Crippen molar-refractivity contribution < 1.29 is 44.3 Å². The van der Waals surface area contributed by atoms with Gasteiger partial charge in [-0.15, -0.1) is 0 Å². The standard InChI is InChI=1S/C10H14.Na.H2O3S.H/c1-8(2)10-6-4-9(3)5-7-10;;1-4(2)3;/h4-8H,1-3H3;;(H2,1,2,3);/q;+1;;-1/p-1. The van der Waals surface area contributed by atoms with Gasteiger partial charge in [0, 0.05) is 0 Å². The fraction of sp³-hybridized carbons (Fsp3) is 0.400. The number of benzene rings is 1. The van der Waals surface area contributed by atoms with E-state index in [1.165, 1.54) is 11.1 Å². The van der Waals surface area contributed by atoms with E-state index in [4.69, 9.17) is 13.3 Å². The van der Waals surface area contributed by atoms with Crippen molar-refractivity contribution in [1.29, 1.82) is 0 Å². The average molecular weight is 239 g/mol. The van der Waals surface area contributed by atoms with Crippen LogP contribution in [0.4, 0.5) is 0 Å². The molecule has 0 fully saturated rings. The molecule has 1 atom stereocenters. The zero-order chi connectivity index (χ0) is 11.1. The molecule has 0 heterocycles. The maximum absolute atomic E-state index is 8.56. The van der Waals surface area contributed by atoms with Gasteiger partial charge in [-0.25, -0.2) is 4.21 Å². The number of rotatable bonds is 1. The Balaban J connectivity index is -0.000000249. The van der Waals surface area contributed by atoms with E-state index in [1.807, 2.05) is 0 Å². The molecular formula is C10H16NaO3S-. The molecule has 5 heteroatoms. The molecule has 0 saturated carbocycles. The van der Waals surface area contributed by atoms with Crippen LogP contribution in [0.5, 0.6) is 0 Å². The van der Waals surface area contributed by atoms with Crippen LogP contribution in [0.15, 0.2) is 24.3 Å². The van der Waals surface area contributed by atoms with Gasteiger partial charge in [0.2, 0.25) is 0 Å². The summed E-state index contributed by atoms with van der Waals surface area (Å²) in [6.45, 7) is 6.54. The van der Waals surface area contributed by atoms with E-state index in [2.05, 4.69) is 45.0 Å². The Morgan fingerprint density at radius 1 is 1.33 bits per heavy atom. The Hall–Kier alpha value is 0.290. The first kappa shape index (κ1) is 17.7.